The number of hydrogen-bond donors (Lipinski definition) is 2. The van der Waals surface area contributed by atoms with Crippen molar-refractivity contribution in [2.45, 2.75) is 52.6 Å². The molecule has 0 spiro atoms. The molecule has 1 fully saturated rings. The van der Waals surface area contributed by atoms with Crippen LogP contribution in [0.3, 0.4) is 0 Å². The van der Waals surface area contributed by atoms with Crippen molar-refractivity contribution in [3.8, 4) is 0 Å². The standard InChI is InChI=1S/C22H27N5O2/c1-11-9-12(2)25-22(24-11)26-19-13(3)20(15-5-6-15)27(14(4)28)18-8-7-16(21(23)29)10-17(18)19/h7-10,13,15,19-20H,5-6H2,1-4H3,(H2,23,29)(H,24,25,26)/t13-,19-,20-/m1/s1. The average Bonchev–Trinajstić information content (AvgIpc) is 3.46. The van der Waals surface area contributed by atoms with E-state index in [1.54, 1.807) is 19.1 Å². The van der Waals surface area contributed by atoms with Crippen LogP contribution in [0.1, 0.15) is 60.0 Å². The van der Waals surface area contributed by atoms with Gasteiger partial charge in [0.1, 0.15) is 0 Å². The van der Waals surface area contributed by atoms with Crippen molar-refractivity contribution in [1.82, 2.24) is 9.97 Å². The molecule has 0 radical (unpaired) electrons. The summed E-state index contributed by atoms with van der Waals surface area (Å²) in [5.74, 6) is 0.692. The predicted octanol–water partition coefficient (Wildman–Crippen LogP) is 3.13. The summed E-state index contributed by atoms with van der Waals surface area (Å²) in [5.41, 5.74) is 9.45. The van der Waals surface area contributed by atoms with Gasteiger partial charge in [0.15, 0.2) is 0 Å². The Morgan fingerprint density at radius 1 is 1.14 bits per heavy atom. The summed E-state index contributed by atoms with van der Waals surface area (Å²) >= 11 is 0. The molecule has 7 heteroatoms. The van der Waals surface area contributed by atoms with Crippen molar-refractivity contribution in [2.24, 2.45) is 17.6 Å². The fourth-order valence-corrected chi connectivity index (χ4v) is 4.65. The SMILES string of the molecule is CC(=O)N1c2ccc(C(N)=O)cc2[C@H](Nc2nc(C)cc(C)n2)[C@@H](C)[C@@H]1C1CC1. The lowest BCUT2D eigenvalue weighted by Crippen LogP contribution is -2.51. The molecular weight excluding hydrogens is 366 g/mol. The quantitative estimate of drug-likeness (QED) is 0.831. The van der Waals surface area contributed by atoms with Crippen molar-refractivity contribution in [2.75, 3.05) is 10.2 Å². The Bertz CT molecular complexity index is 965. The molecule has 2 amide bonds. The van der Waals surface area contributed by atoms with Crippen molar-refractivity contribution in [3.63, 3.8) is 0 Å². The molecule has 0 unspecified atom stereocenters. The predicted molar refractivity (Wildman–Crippen MR) is 112 cm³/mol. The number of nitrogens with one attached hydrogen (secondary N) is 1. The lowest BCUT2D eigenvalue weighted by atomic mass is 9.79. The number of rotatable bonds is 4. The first-order chi connectivity index (χ1) is 13.8. The molecule has 2 aromatic rings. The zero-order valence-corrected chi connectivity index (χ0v) is 17.3. The third kappa shape index (κ3) is 3.57. The summed E-state index contributed by atoms with van der Waals surface area (Å²) in [6, 6.07) is 7.23. The molecule has 2 heterocycles. The Kier molecular flexibility index (Phi) is 4.76. The lowest BCUT2D eigenvalue weighted by Gasteiger charge is -2.45. The summed E-state index contributed by atoms with van der Waals surface area (Å²) in [6.07, 6.45) is 2.25. The van der Waals surface area contributed by atoms with Crippen LogP contribution in [0.5, 0.6) is 0 Å². The van der Waals surface area contributed by atoms with Gasteiger partial charge in [0.25, 0.3) is 0 Å². The number of aryl methyl sites for hydroxylation is 2. The Balaban J connectivity index is 1.84. The van der Waals surface area contributed by atoms with Crippen molar-refractivity contribution < 1.29 is 9.59 Å². The normalized spacial score (nSPS) is 23.4. The molecule has 4 rings (SSSR count). The first kappa shape index (κ1) is 19.4. The van der Waals surface area contributed by atoms with E-state index in [2.05, 4.69) is 22.2 Å². The van der Waals surface area contributed by atoms with Gasteiger partial charge in [-0.3, -0.25) is 9.59 Å². The third-order valence-corrected chi connectivity index (χ3v) is 5.98. The van der Waals surface area contributed by atoms with E-state index in [0.29, 0.717) is 17.4 Å². The molecule has 1 aliphatic heterocycles. The second-order valence-electron chi connectivity index (χ2n) is 8.31. The topological polar surface area (TPSA) is 101 Å². The molecule has 1 aromatic heterocycles. The molecule has 29 heavy (non-hydrogen) atoms. The highest BCUT2D eigenvalue weighted by molar-refractivity contribution is 5.97. The number of nitrogens with zero attached hydrogens (tertiary/aromatic N) is 3. The minimum atomic E-state index is -0.486. The Morgan fingerprint density at radius 2 is 1.79 bits per heavy atom. The monoisotopic (exact) mass is 393 g/mol. The fourth-order valence-electron chi connectivity index (χ4n) is 4.65. The zero-order valence-electron chi connectivity index (χ0n) is 17.3. The maximum Gasteiger partial charge on any atom is 0.248 e. The number of hydrogen-bond acceptors (Lipinski definition) is 5. The zero-order chi connectivity index (χ0) is 20.9. The minimum Gasteiger partial charge on any atom is -0.366 e. The Labute approximate surface area is 170 Å². The Hall–Kier alpha value is -2.96. The molecule has 0 bridgehead atoms. The van der Waals surface area contributed by atoms with Gasteiger partial charge in [0.2, 0.25) is 17.8 Å². The van der Waals surface area contributed by atoms with E-state index in [4.69, 9.17) is 5.73 Å². The van der Waals surface area contributed by atoms with Crippen LogP contribution in [-0.4, -0.2) is 27.8 Å². The van der Waals surface area contributed by atoms with Gasteiger partial charge in [0, 0.05) is 41.5 Å². The van der Waals surface area contributed by atoms with Crippen LogP contribution in [-0.2, 0) is 4.79 Å². The summed E-state index contributed by atoms with van der Waals surface area (Å²) in [4.78, 5) is 35.4. The van der Waals surface area contributed by atoms with Gasteiger partial charge < -0.3 is 16.0 Å². The summed E-state index contributed by atoms with van der Waals surface area (Å²) in [6.45, 7) is 7.63. The summed E-state index contributed by atoms with van der Waals surface area (Å²) in [7, 11) is 0. The molecule has 0 saturated heterocycles. The van der Waals surface area contributed by atoms with Crippen LogP contribution in [0.15, 0.2) is 24.3 Å². The molecule has 1 aromatic carbocycles. The number of anilines is 2. The number of primary amides is 1. The molecule has 152 valence electrons. The number of carbonyl (C=O) groups is 2. The van der Waals surface area contributed by atoms with Gasteiger partial charge in [-0.25, -0.2) is 9.97 Å². The number of fused-ring (bicyclic) bond motifs is 1. The van der Waals surface area contributed by atoms with Crippen LogP contribution in [0.25, 0.3) is 0 Å². The second-order valence-corrected chi connectivity index (χ2v) is 8.31. The summed E-state index contributed by atoms with van der Waals surface area (Å²) in [5, 5.41) is 3.49. The van der Waals surface area contributed by atoms with E-state index in [-0.39, 0.29) is 23.9 Å². The van der Waals surface area contributed by atoms with Crippen LogP contribution in [0.2, 0.25) is 0 Å². The number of aromatic nitrogens is 2. The van der Waals surface area contributed by atoms with Gasteiger partial charge in [0.05, 0.1) is 6.04 Å². The first-order valence-corrected chi connectivity index (χ1v) is 10.1. The van der Waals surface area contributed by atoms with Crippen LogP contribution < -0.4 is 16.0 Å². The highest BCUT2D eigenvalue weighted by Gasteiger charge is 2.47. The minimum absolute atomic E-state index is 0.0166. The van der Waals surface area contributed by atoms with E-state index in [9.17, 15) is 9.59 Å². The number of carbonyl (C=O) groups excluding carboxylic acids is 2. The van der Waals surface area contributed by atoms with Gasteiger partial charge >= 0.3 is 0 Å². The molecule has 2 aliphatic rings. The highest BCUT2D eigenvalue weighted by Crippen LogP contribution is 2.50. The molecular formula is C22H27N5O2. The first-order valence-electron chi connectivity index (χ1n) is 10.1. The summed E-state index contributed by atoms with van der Waals surface area (Å²) < 4.78 is 0. The largest absolute Gasteiger partial charge is 0.366 e. The van der Waals surface area contributed by atoms with Crippen LogP contribution in [0, 0.1) is 25.7 Å². The maximum absolute atomic E-state index is 12.6. The van der Waals surface area contributed by atoms with E-state index in [1.807, 2.05) is 30.9 Å². The average molecular weight is 393 g/mol. The van der Waals surface area contributed by atoms with E-state index in [1.165, 1.54) is 0 Å². The van der Waals surface area contributed by atoms with E-state index < -0.39 is 5.91 Å². The fraction of sp³-hybridized carbons (Fsp3) is 0.455. The van der Waals surface area contributed by atoms with Crippen molar-refractivity contribution >= 4 is 23.5 Å². The molecule has 3 atom stereocenters. The van der Waals surface area contributed by atoms with Gasteiger partial charge in [-0.05, 0) is 62.4 Å². The molecule has 7 nitrogen and oxygen atoms in total. The second kappa shape index (κ2) is 7.13. The van der Waals surface area contributed by atoms with Crippen molar-refractivity contribution in [3.05, 3.63) is 46.8 Å². The highest BCUT2D eigenvalue weighted by atomic mass is 16.2. The van der Waals surface area contributed by atoms with E-state index >= 15 is 0 Å². The number of amides is 2. The lowest BCUT2D eigenvalue weighted by molar-refractivity contribution is -0.117. The van der Waals surface area contributed by atoms with Crippen LogP contribution >= 0.6 is 0 Å². The van der Waals surface area contributed by atoms with E-state index in [0.717, 1.165) is 35.5 Å². The van der Waals surface area contributed by atoms with Gasteiger partial charge in [-0.1, -0.05) is 6.92 Å². The van der Waals surface area contributed by atoms with Crippen LogP contribution in [0.4, 0.5) is 11.6 Å². The number of nitrogens with two attached hydrogens (primary N) is 1. The molecule has 1 saturated carbocycles. The molecule has 3 N–H and O–H groups in total. The smallest absolute Gasteiger partial charge is 0.248 e. The van der Waals surface area contributed by atoms with Gasteiger partial charge in [-0.2, -0.15) is 0 Å². The van der Waals surface area contributed by atoms with Gasteiger partial charge in [-0.15, -0.1) is 0 Å². The molecule has 1 aliphatic carbocycles. The Morgan fingerprint density at radius 3 is 2.34 bits per heavy atom. The van der Waals surface area contributed by atoms with Crippen molar-refractivity contribution in [1.29, 1.82) is 0 Å². The number of benzene rings is 1. The maximum atomic E-state index is 12.6. The third-order valence-electron chi connectivity index (χ3n) is 5.98.